The third kappa shape index (κ3) is 1.95. The van der Waals surface area contributed by atoms with Crippen LogP contribution in [0.15, 0.2) is 33.9 Å². The molecule has 0 aliphatic rings. The number of H-pyrrole nitrogens is 1. The molecule has 2 rings (SSSR count). The van der Waals surface area contributed by atoms with Gasteiger partial charge in [-0.05, 0) is 12.1 Å². The Labute approximate surface area is 94.8 Å². The van der Waals surface area contributed by atoms with Crippen LogP contribution in [0.5, 0.6) is 0 Å². The van der Waals surface area contributed by atoms with Crippen molar-refractivity contribution in [2.24, 2.45) is 5.84 Å². The van der Waals surface area contributed by atoms with Crippen LogP contribution >= 0.6 is 0 Å². The third-order valence-corrected chi connectivity index (χ3v) is 2.35. The summed E-state index contributed by atoms with van der Waals surface area (Å²) in [5.41, 5.74) is 1.02. The lowest BCUT2D eigenvalue weighted by molar-refractivity contribution is -0.121. The number of amides is 1. The maximum absolute atomic E-state index is 11.9. The highest BCUT2D eigenvalue weighted by Gasteiger charge is 2.08. The summed E-state index contributed by atoms with van der Waals surface area (Å²) in [6, 6.07) is 6.39. The Kier molecular flexibility index (Phi) is 2.75. The maximum atomic E-state index is 11.9. The van der Waals surface area contributed by atoms with Gasteiger partial charge in [0.25, 0.3) is 17.0 Å². The van der Waals surface area contributed by atoms with Crippen LogP contribution in [0.1, 0.15) is 0 Å². The normalized spacial score (nSPS) is 10.4. The fraction of sp³-hybridized carbons (Fsp3) is 0.100. The van der Waals surface area contributed by atoms with Crippen LogP contribution in [0.4, 0.5) is 0 Å². The number of aromatic nitrogens is 2. The molecule has 1 amide bonds. The second-order valence-corrected chi connectivity index (χ2v) is 3.45. The SMILES string of the molecule is NNC(=O)Cn1[nH]c(=O)c2ccccc2c1=O. The number of carbonyl (C=O) groups is 1. The van der Waals surface area contributed by atoms with Crippen molar-refractivity contribution in [2.45, 2.75) is 6.54 Å². The molecule has 0 saturated carbocycles. The van der Waals surface area contributed by atoms with Gasteiger partial charge >= 0.3 is 0 Å². The minimum absolute atomic E-state index is 0.265. The van der Waals surface area contributed by atoms with Crippen LogP contribution in [-0.2, 0) is 11.3 Å². The van der Waals surface area contributed by atoms with Crippen molar-refractivity contribution in [3.63, 3.8) is 0 Å². The minimum atomic E-state index is -0.571. The molecule has 1 aromatic heterocycles. The summed E-state index contributed by atoms with van der Waals surface area (Å²) in [4.78, 5) is 34.6. The largest absolute Gasteiger partial charge is 0.293 e. The van der Waals surface area contributed by atoms with Gasteiger partial charge in [-0.1, -0.05) is 12.1 Å². The zero-order chi connectivity index (χ0) is 12.4. The summed E-state index contributed by atoms with van der Waals surface area (Å²) in [6.45, 7) is -0.324. The first kappa shape index (κ1) is 11.1. The molecule has 0 aliphatic heterocycles. The van der Waals surface area contributed by atoms with E-state index in [1.165, 1.54) is 6.07 Å². The van der Waals surface area contributed by atoms with E-state index in [1.54, 1.807) is 18.2 Å². The van der Waals surface area contributed by atoms with Gasteiger partial charge < -0.3 is 0 Å². The van der Waals surface area contributed by atoms with Gasteiger partial charge in [0.05, 0.1) is 10.8 Å². The minimum Gasteiger partial charge on any atom is -0.293 e. The van der Waals surface area contributed by atoms with Gasteiger partial charge in [-0.25, -0.2) is 10.5 Å². The number of nitrogens with zero attached hydrogens (tertiary/aromatic N) is 1. The summed E-state index contributed by atoms with van der Waals surface area (Å²) in [5, 5.41) is 2.87. The Hall–Kier alpha value is -2.41. The Morgan fingerprint density at radius 2 is 1.94 bits per heavy atom. The monoisotopic (exact) mass is 234 g/mol. The van der Waals surface area contributed by atoms with Gasteiger partial charge in [0.2, 0.25) is 0 Å². The number of rotatable bonds is 2. The Balaban J connectivity index is 2.68. The highest BCUT2D eigenvalue weighted by Crippen LogP contribution is 2.01. The van der Waals surface area contributed by atoms with E-state index in [-0.39, 0.29) is 11.9 Å². The van der Waals surface area contributed by atoms with Gasteiger partial charge in [-0.3, -0.25) is 24.9 Å². The number of aromatic amines is 1. The molecule has 2 aromatic rings. The highest BCUT2D eigenvalue weighted by molar-refractivity contribution is 5.80. The molecule has 0 bridgehead atoms. The molecule has 0 aliphatic carbocycles. The maximum Gasteiger partial charge on any atom is 0.273 e. The molecule has 0 spiro atoms. The summed E-state index contributed by atoms with van der Waals surface area (Å²) in [7, 11) is 0. The molecule has 4 N–H and O–H groups in total. The first-order valence-corrected chi connectivity index (χ1v) is 4.85. The van der Waals surface area contributed by atoms with Gasteiger partial charge in [0.1, 0.15) is 6.54 Å². The molecule has 0 radical (unpaired) electrons. The summed E-state index contributed by atoms with van der Waals surface area (Å²) >= 11 is 0. The van der Waals surface area contributed by atoms with Crippen LogP contribution in [0.25, 0.3) is 10.8 Å². The van der Waals surface area contributed by atoms with Crippen LogP contribution < -0.4 is 22.4 Å². The van der Waals surface area contributed by atoms with Crippen molar-refractivity contribution in [3.8, 4) is 0 Å². The van der Waals surface area contributed by atoms with E-state index < -0.39 is 17.0 Å². The van der Waals surface area contributed by atoms with E-state index >= 15 is 0 Å². The molecule has 88 valence electrons. The molecule has 17 heavy (non-hydrogen) atoms. The molecular formula is C10H10N4O3. The molecule has 7 heteroatoms. The zero-order valence-corrected chi connectivity index (χ0v) is 8.77. The molecule has 1 aromatic carbocycles. The Morgan fingerprint density at radius 3 is 2.59 bits per heavy atom. The van der Waals surface area contributed by atoms with Crippen molar-refractivity contribution in [2.75, 3.05) is 0 Å². The topological polar surface area (TPSA) is 110 Å². The molecule has 1 heterocycles. The molecule has 0 unspecified atom stereocenters. The Bertz CT molecular complexity index is 686. The third-order valence-electron chi connectivity index (χ3n) is 2.35. The van der Waals surface area contributed by atoms with Crippen molar-refractivity contribution < 1.29 is 4.79 Å². The predicted molar refractivity (Wildman–Crippen MR) is 61.2 cm³/mol. The second kappa shape index (κ2) is 4.22. The number of nitrogens with one attached hydrogen (secondary N) is 2. The van der Waals surface area contributed by atoms with E-state index in [1.807, 2.05) is 5.43 Å². The van der Waals surface area contributed by atoms with Crippen molar-refractivity contribution >= 4 is 16.7 Å². The number of hydrazine groups is 1. The fourth-order valence-corrected chi connectivity index (χ4v) is 1.55. The number of benzene rings is 1. The molecule has 0 atom stereocenters. The number of hydrogen-bond donors (Lipinski definition) is 3. The predicted octanol–water partition coefficient (Wildman–Crippen LogP) is -1.32. The van der Waals surface area contributed by atoms with E-state index in [0.717, 1.165) is 4.68 Å². The first-order chi connectivity index (χ1) is 8.13. The van der Waals surface area contributed by atoms with Crippen molar-refractivity contribution in [1.29, 1.82) is 0 Å². The lowest BCUT2D eigenvalue weighted by atomic mass is 10.2. The molecule has 7 nitrogen and oxygen atoms in total. The number of nitrogens with two attached hydrogens (primary N) is 1. The number of carbonyl (C=O) groups excluding carboxylic acids is 1. The number of hydrogen-bond acceptors (Lipinski definition) is 4. The Morgan fingerprint density at radius 1 is 1.29 bits per heavy atom. The number of fused-ring (bicyclic) bond motifs is 1. The lowest BCUT2D eigenvalue weighted by Gasteiger charge is -2.05. The molecular weight excluding hydrogens is 224 g/mol. The van der Waals surface area contributed by atoms with Gasteiger partial charge in [0.15, 0.2) is 0 Å². The van der Waals surface area contributed by atoms with Crippen LogP contribution in [0, 0.1) is 0 Å². The van der Waals surface area contributed by atoms with E-state index in [0.29, 0.717) is 5.39 Å². The quantitative estimate of drug-likeness (QED) is 0.340. The van der Waals surface area contributed by atoms with Gasteiger partial charge in [0, 0.05) is 0 Å². The smallest absolute Gasteiger partial charge is 0.273 e. The summed E-state index contributed by atoms with van der Waals surface area (Å²) in [6.07, 6.45) is 0. The van der Waals surface area contributed by atoms with Crippen LogP contribution in [0.3, 0.4) is 0 Å². The summed E-state index contributed by atoms with van der Waals surface area (Å²) in [5.74, 6) is 4.34. The van der Waals surface area contributed by atoms with Crippen molar-refractivity contribution in [3.05, 3.63) is 45.0 Å². The highest BCUT2D eigenvalue weighted by atomic mass is 16.2. The van der Waals surface area contributed by atoms with Gasteiger partial charge in [-0.2, -0.15) is 0 Å². The second-order valence-electron chi connectivity index (χ2n) is 3.45. The average Bonchev–Trinajstić information content (AvgIpc) is 2.35. The van der Waals surface area contributed by atoms with Gasteiger partial charge in [-0.15, -0.1) is 0 Å². The standard InChI is InChI=1S/C10H10N4O3/c11-12-8(15)5-14-10(17)7-4-2-1-3-6(7)9(16)13-14/h1-4H,5,11H2,(H,12,15)(H,13,16). The molecule has 0 fully saturated rings. The zero-order valence-electron chi connectivity index (χ0n) is 8.77. The van der Waals surface area contributed by atoms with Crippen LogP contribution in [-0.4, -0.2) is 15.7 Å². The average molecular weight is 234 g/mol. The van der Waals surface area contributed by atoms with E-state index in [9.17, 15) is 14.4 Å². The van der Waals surface area contributed by atoms with Crippen LogP contribution in [0.2, 0.25) is 0 Å². The van der Waals surface area contributed by atoms with E-state index in [4.69, 9.17) is 5.84 Å². The lowest BCUT2D eigenvalue weighted by Crippen LogP contribution is -2.39. The summed E-state index contributed by atoms with van der Waals surface area (Å²) < 4.78 is 0.923. The van der Waals surface area contributed by atoms with E-state index in [2.05, 4.69) is 5.10 Å². The first-order valence-electron chi connectivity index (χ1n) is 4.85. The molecule has 0 saturated heterocycles. The fourth-order valence-electron chi connectivity index (χ4n) is 1.55. The van der Waals surface area contributed by atoms with Crippen molar-refractivity contribution in [1.82, 2.24) is 15.2 Å².